The quantitative estimate of drug-likeness (QED) is 0.666. The van der Waals surface area contributed by atoms with Crippen molar-refractivity contribution in [1.82, 2.24) is 4.98 Å². The van der Waals surface area contributed by atoms with Crippen LogP contribution in [0.2, 0.25) is 0 Å². The van der Waals surface area contributed by atoms with Crippen LogP contribution in [0, 0.1) is 0 Å². The Morgan fingerprint density at radius 3 is 2.67 bits per heavy atom. The molecule has 0 unspecified atom stereocenters. The average Bonchev–Trinajstić information content (AvgIpc) is 2.98. The Labute approximate surface area is 145 Å². The van der Waals surface area contributed by atoms with Gasteiger partial charge in [-0.05, 0) is 43.0 Å². The molecule has 1 N–H and O–H groups in total. The maximum Gasteiger partial charge on any atom is 0.355 e. The molecule has 24 heavy (non-hydrogen) atoms. The second-order valence-electron chi connectivity index (χ2n) is 5.71. The fraction of sp³-hybridized carbons (Fsp3) is 0.353. The molecule has 0 spiro atoms. The second kappa shape index (κ2) is 6.61. The molecular weight excluding hydrogens is 350 g/mol. The van der Waals surface area contributed by atoms with Gasteiger partial charge in [0.1, 0.15) is 5.69 Å². The highest BCUT2D eigenvalue weighted by Crippen LogP contribution is 2.34. The number of aromatic nitrogens is 1. The summed E-state index contributed by atoms with van der Waals surface area (Å²) in [6, 6.07) is 8.27. The zero-order valence-corrected chi connectivity index (χ0v) is 14.7. The molecule has 0 radical (unpaired) electrons. The summed E-state index contributed by atoms with van der Waals surface area (Å²) in [6.45, 7) is 1.99. The maximum absolute atomic E-state index is 12.9. The van der Waals surface area contributed by atoms with E-state index in [1.54, 1.807) is 43.5 Å². The highest BCUT2D eigenvalue weighted by atomic mass is 35.5. The topological polar surface area (TPSA) is 76.2 Å². The van der Waals surface area contributed by atoms with E-state index in [9.17, 15) is 13.2 Å². The zero-order valence-electron chi connectivity index (χ0n) is 13.2. The monoisotopic (exact) mass is 367 g/mol. The van der Waals surface area contributed by atoms with E-state index in [0.717, 1.165) is 5.56 Å². The summed E-state index contributed by atoms with van der Waals surface area (Å²) >= 11 is 6.39. The number of carbonyl (C=O) groups is 1. The Morgan fingerprint density at radius 1 is 1.29 bits per heavy atom. The molecular formula is C17H18ClNO4S. The van der Waals surface area contributed by atoms with Crippen LogP contribution in [0.3, 0.4) is 0 Å². The van der Waals surface area contributed by atoms with E-state index in [0.29, 0.717) is 17.7 Å². The first-order valence-electron chi connectivity index (χ1n) is 7.74. The third-order valence-corrected chi connectivity index (χ3v) is 7.08. The van der Waals surface area contributed by atoms with Gasteiger partial charge in [-0.3, -0.25) is 0 Å². The van der Waals surface area contributed by atoms with Crippen molar-refractivity contribution in [3.63, 3.8) is 0 Å². The molecule has 0 aliphatic heterocycles. The molecule has 1 aromatic carbocycles. The molecule has 3 rings (SSSR count). The number of carbonyl (C=O) groups excluding carboxylic acids is 1. The van der Waals surface area contributed by atoms with Gasteiger partial charge in [-0.1, -0.05) is 18.2 Å². The van der Waals surface area contributed by atoms with Gasteiger partial charge in [-0.2, -0.15) is 0 Å². The third-order valence-electron chi connectivity index (χ3n) is 4.25. The standard InChI is InChI=1S/C17H18ClNO4S/c1-2-23-17(20)16-13-9-15(14(18)8-11(13)10-19-16)24(21,22)12-6-4-3-5-7-12/h3-7,10,14-15,19H,2,8-9H2,1H3/t14-,15-/m1/s1. The SMILES string of the molecule is CCOC(=O)c1[nH]cc2c1C[C@@H](S(=O)(=O)c1ccccc1)[C@H](Cl)C2. The van der Waals surface area contributed by atoms with Crippen LogP contribution in [0.1, 0.15) is 28.5 Å². The predicted molar refractivity (Wildman–Crippen MR) is 91.2 cm³/mol. The van der Waals surface area contributed by atoms with Gasteiger partial charge in [0, 0.05) is 6.20 Å². The summed E-state index contributed by atoms with van der Waals surface area (Å²) in [5.74, 6) is -0.470. The fourth-order valence-corrected chi connectivity index (χ4v) is 5.47. The van der Waals surface area contributed by atoms with E-state index in [4.69, 9.17) is 16.3 Å². The molecule has 0 saturated heterocycles. The van der Waals surface area contributed by atoms with Crippen LogP contribution in [0.15, 0.2) is 41.4 Å². The van der Waals surface area contributed by atoms with Gasteiger partial charge < -0.3 is 9.72 Å². The lowest BCUT2D eigenvalue weighted by Crippen LogP contribution is -2.38. The molecule has 0 amide bonds. The van der Waals surface area contributed by atoms with Gasteiger partial charge in [-0.25, -0.2) is 13.2 Å². The van der Waals surface area contributed by atoms with E-state index < -0.39 is 26.4 Å². The number of H-pyrrole nitrogens is 1. The zero-order chi connectivity index (χ0) is 17.3. The molecule has 128 valence electrons. The smallest absolute Gasteiger partial charge is 0.355 e. The number of fused-ring (bicyclic) bond motifs is 1. The number of ether oxygens (including phenoxy) is 1. The summed E-state index contributed by atoms with van der Waals surface area (Å²) in [4.78, 5) is 15.2. The van der Waals surface area contributed by atoms with Crippen molar-refractivity contribution < 1.29 is 17.9 Å². The predicted octanol–water partition coefficient (Wildman–Crippen LogP) is 2.74. The molecule has 7 heteroatoms. The van der Waals surface area contributed by atoms with Crippen molar-refractivity contribution in [3.05, 3.63) is 53.3 Å². The molecule has 0 bridgehead atoms. The molecule has 1 aliphatic rings. The first-order valence-corrected chi connectivity index (χ1v) is 9.72. The molecule has 5 nitrogen and oxygen atoms in total. The first-order chi connectivity index (χ1) is 11.4. The Bertz CT molecular complexity index is 845. The number of hydrogen-bond donors (Lipinski definition) is 1. The third kappa shape index (κ3) is 2.96. The van der Waals surface area contributed by atoms with Gasteiger partial charge in [0.05, 0.1) is 22.1 Å². The number of sulfone groups is 1. The summed E-state index contributed by atoms with van der Waals surface area (Å²) in [6.07, 6.45) is 2.30. The van der Waals surface area contributed by atoms with Crippen molar-refractivity contribution >= 4 is 27.4 Å². The van der Waals surface area contributed by atoms with Crippen molar-refractivity contribution in [3.8, 4) is 0 Å². The summed E-state index contributed by atoms with van der Waals surface area (Å²) in [5.41, 5.74) is 1.89. The van der Waals surface area contributed by atoms with Gasteiger partial charge in [0.15, 0.2) is 9.84 Å². The number of alkyl halides is 1. The number of benzene rings is 1. The number of halogens is 1. The van der Waals surface area contributed by atoms with Crippen molar-refractivity contribution in [1.29, 1.82) is 0 Å². The molecule has 2 aromatic rings. The van der Waals surface area contributed by atoms with Crippen LogP contribution in [0.4, 0.5) is 0 Å². The van der Waals surface area contributed by atoms with E-state index in [-0.39, 0.29) is 17.9 Å². The van der Waals surface area contributed by atoms with Gasteiger partial charge in [0.2, 0.25) is 0 Å². The van der Waals surface area contributed by atoms with Crippen LogP contribution in [0.5, 0.6) is 0 Å². The van der Waals surface area contributed by atoms with Crippen molar-refractivity contribution in [2.75, 3.05) is 6.61 Å². The van der Waals surface area contributed by atoms with E-state index in [1.165, 1.54) is 0 Å². The molecule has 1 heterocycles. The number of esters is 1. The Balaban J connectivity index is 1.97. The second-order valence-corrected chi connectivity index (χ2v) is 8.44. The summed E-state index contributed by atoms with van der Waals surface area (Å²) in [7, 11) is -3.58. The van der Waals surface area contributed by atoms with Crippen LogP contribution in [-0.2, 0) is 27.4 Å². The molecule has 0 fully saturated rings. The minimum atomic E-state index is -3.58. The van der Waals surface area contributed by atoms with E-state index >= 15 is 0 Å². The van der Waals surface area contributed by atoms with Crippen molar-refractivity contribution in [2.24, 2.45) is 0 Å². The molecule has 1 aromatic heterocycles. The van der Waals surface area contributed by atoms with Crippen LogP contribution >= 0.6 is 11.6 Å². The molecule has 0 saturated carbocycles. The number of hydrogen-bond acceptors (Lipinski definition) is 4. The normalized spacial score (nSPS) is 20.4. The van der Waals surface area contributed by atoms with Gasteiger partial charge in [0.25, 0.3) is 0 Å². The van der Waals surface area contributed by atoms with Crippen LogP contribution in [0.25, 0.3) is 0 Å². The number of rotatable bonds is 4. The van der Waals surface area contributed by atoms with Gasteiger partial charge >= 0.3 is 5.97 Å². The maximum atomic E-state index is 12.9. The number of aromatic amines is 1. The molecule has 1 aliphatic carbocycles. The highest BCUT2D eigenvalue weighted by molar-refractivity contribution is 7.92. The van der Waals surface area contributed by atoms with E-state index in [1.807, 2.05) is 0 Å². The Kier molecular flexibility index (Phi) is 4.69. The molecule has 2 atom stereocenters. The fourth-order valence-electron chi connectivity index (χ4n) is 3.05. The average molecular weight is 368 g/mol. The summed E-state index contributed by atoms with van der Waals surface area (Å²) in [5, 5.41) is -1.33. The minimum Gasteiger partial charge on any atom is -0.461 e. The minimum absolute atomic E-state index is 0.193. The highest BCUT2D eigenvalue weighted by Gasteiger charge is 2.39. The Hall–Kier alpha value is -1.79. The van der Waals surface area contributed by atoms with E-state index in [2.05, 4.69) is 4.98 Å². The number of nitrogens with one attached hydrogen (secondary N) is 1. The summed E-state index contributed by atoms with van der Waals surface area (Å²) < 4.78 is 30.9. The van der Waals surface area contributed by atoms with Crippen LogP contribution < -0.4 is 0 Å². The Morgan fingerprint density at radius 2 is 2.00 bits per heavy atom. The van der Waals surface area contributed by atoms with Crippen molar-refractivity contribution in [2.45, 2.75) is 35.3 Å². The van der Waals surface area contributed by atoms with Crippen LogP contribution in [-0.4, -0.2) is 36.6 Å². The first kappa shape index (κ1) is 17.0. The lowest BCUT2D eigenvalue weighted by atomic mass is 9.93. The van der Waals surface area contributed by atoms with Gasteiger partial charge in [-0.15, -0.1) is 11.6 Å². The largest absolute Gasteiger partial charge is 0.461 e. The lowest BCUT2D eigenvalue weighted by Gasteiger charge is -2.27. The lowest BCUT2D eigenvalue weighted by molar-refractivity contribution is 0.0518.